The van der Waals surface area contributed by atoms with Crippen LogP contribution in [0.15, 0.2) is 10.6 Å². The van der Waals surface area contributed by atoms with Crippen LogP contribution in [0.3, 0.4) is 0 Å². The SMILES string of the molecule is CCc1cc(C(F)(F)F)c2c(C3CCN(C(=O)c4n[nH]c(CC)c4C)CC3)noc2n1. The Morgan fingerprint density at radius 1 is 1.26 bits per heavy atom. The minimum absolute atomic E-state index is 0.0646. The fourth-order valence-electron chi connectivity index (χ4n) is 4.20. The predicted octanol–water partition coefficient (Wildman–Crippen LogP) is 4.42. The zero-order valence-electron chi connectivity index (χ0n) is 17.6. The van der Waals surface area contributed by atoms with Gasteiger partial charge in [-0.05, 0) is 38.7 Å². The molecular weight excluding hydrogens is 411 g/mol. The molecule has 1 aliphatic heterocycles. The van der Waals surface area contributed by atoms with E-state index in [-0.39, 0.29) is 28.6 Å². The fourth-order valence-corrected chi connectivity index (χ4v) is 4.20. The molecule has 31 heavy (non-hydrogen) atoms. The largest absolute Gasteiger partial charge is 0.417 e. The molecule has 1 aliphatic rings. The molecule has 1 amide bonds. The van der Waals surface area contributed by atoms with Crippen molar-refractivity contribution in [1.82, 2.24) is 25.2 Å². The Kier molecular flexibility index (Phi) is 5.49. The number of nitrogens with one attached hydrogen (secondary N) is 1. The number of aromatic amines is 1. The van der Waals surface area contributed by atoms with E-state index in [0.717, 1.165) is 23.7 Å². The average molecular weight is 435 g/mol. The third-order valence-electron chi connectivity index (χ3n) is 6.03. The predicted molar refractivity (Wildman–Crippen MR) is 107 cm³/mol. The number of hydrogen-bond donors (Lipinski definition) is 1. The number of halogens is 3. The summed E-state index contributed by atoms with van der Waals surface area (Å²) in [4.78, 5) is 18.7. The lowest BCUT2D eigenvalue weighted by Gasteiger charge is -2.31. The van der Waals surface area contributed by atoms with Crippen molar-refractivity contribution in [2.24, 2.45) is 0 Å². The van der Waals surface area contributed by atoms with Crippen LogP contribution in [-0.4, -0.2) is 44.2 Å². The Morgan fingerprint density at radius 2 is 1.97 bits per heavy atom. The zero-order valence-corrected chi connectivity index (χ0v) is 17.6. The number of pyridine rings is 1. The number of aromatic nitrogens is 4. The highest BCUT2D eigenvalue weighted by Gasteiger charge is 2.38. The van der Waals surface area contributed by atoms with Crippen molar-refractivity contribution in [1.29, 1.82) is 0 Å². The number of likely N-dealkylation sites (tertiary alicyclic amines) is 1. The zero-order chi connectivity index (χ0) is 22.3. The number of hydrogen-bond acceptors (Lipinski definition) is 5. The van der Waals surface area contributed by atoms with Gasteiger partial charge in [-0.3, -0.25) is 9.89 Å². The number of carbonyl (C=O) groups excluding carboxylic acids is 1. The molecule has 3 aromatic rings. The first-order chi connectivity index (χ1) is 14.7. The maximum absolute atomic E-state index is 13.7. The average Bonchev–Trinajstić information content (AvgIpc) is 3.35. The summed E-state index contributed by atoms with van der Waals surface area (Å²) in [5.41, 5.74) is 1.90. The molecule has 0 aromatic carbocycles. The van der Waals surface area contributed by atoms with E-state index in [2.05, 4.69) is 20.3 Å². The molecule has 0 bridgehead atoms. The number of alkyl halides is 3. The summed E-state index contributed by atoms with van der Waals surface area (Å²) in [6.45, 7) is 6.40. The van der Waals surface area contributed by atoms with Crippen LogP contribution in [0.5, 0.6) is 0 Å². The molecule has 0 unspecified atom stereocenters. The van der Waals surface area contributed by atoms with E-state index in [1.165, 1.54) is 0 Å². The van der Waals surface area contributed by atoms with Gasteiger partial charge in [0, 0.05) is 36.0 Å². The second-order valence-corrected chi connectivity index (χ2v) is 7.86. The first-order valence-electron chi connectivity index (χ1n) is 10.4. The minimum Gasteiger partial charge on any atom is -0.337 e. The summed E-state index contributed by atoms with van der Waals surface area (Å²) in [7, 11) is 0. The van der Waals surface area contributed by atoms with Gasteiger partial charge in [0.2, 0.25) is 0 Å². The fraction of sp³-hybridized carbons (Fsp3) is 0.524. The monoisotopic (exact) mass is 435 g/mol. The number of amides is 1. The summed E-state index contributed by atoms with van der Waals surface area (Å²) in [6.07, 6.45) is -2.43. The quantitative estimate of drug-likeness (QED) is 0.656. The van der Waals surface area contributed by atoms with Crippen LogP contribution in [0, 0.1) is 6.92 Å². The summed E-state index contributed by atoms with van der Waals surface area (Å²) in [5.74, 6) is -0.408. The highest BCUT2D eigenvalue weighted by atomic mass is 19.4. The molecule has 0 radical (unpaired) electrons. The van der Waals surface area contributed by atoms with Crippen molar-refractivity contribution < 1.29 is 22.5 Å². The number of aryl methyl sites for hydroxylation is 2. The first kappa shape index (κ1) is 21.3. The maximum atomic E-state index is 13.7. The number of rotatable bonds is 4. The van der Waals surface area contributed by atoms with Crippen molar-refractivity contribution in [2.75, 3.05) is 13.1 Å². The number of fused-ring (bicyclic) bond motifs is 1. The number of piperidine rings is 1. The molecule has 4 rings (SSSR count). The molecule has 1 fully saturated rings. The molecule has 0 atom stereocenters. The topological polar surface area (TPSA) is 87.9 Å². The Balaban J connectivity index is 1.58. The normalized spacial score (nSPS) is 15.7. The van der Waals surface area contributed by atoms with Crippen LogP contribution in [0.2, 0.25) is 0 Å². The Hall–Kier alpha value is -2.91. The van der Waals surface area contributed by atoms with Gasteiger partial charge in [-0.2, -0.15) is 18.3 Å². The lowest BCUT2D eigenvalue weighted by atomic mass is 9.90. The second kappa shape index (κ2) is 7.97. The molecule has 0 spiro atoms. The van der Waals surface area contributed by atoms with Gasteiger partial charge < -0.3 is 9.42 Å². The number of nitrogens with zero attached hydrogens (tertiary/aromatic N) is 4. The number of H-pyrrole nitrogens is 1. The van der Waals surface area contributed by atoms with E-state index in [9.17, 15) is 18.0 Å². The van der Waals surface area contributed by atoms with E-state index in [4.69, 9.17) is 4.52 Å². The van der Waals surface area contributed by atoms with E-state index < -0.39 is 11.7 Å². The Morgan fingerprint density at radius 3 is 2.55 bits per heavy atom. The summed E-state index contributed by atoms with van der Waals surface area (Å²) in [6, 6.07) is 1.08. The Bertz CT molecular complexity index is 1110. The lowest BCUT2D eigenvalue weighted by Crippen LogP contribution is -2.38. The summed E-state index contributed by atoms with van der Waals surface area (Å²) in [5, 5.41) is 10.9. The molecule has 0 aliphatic carbocycles. The van der Waals surface area contributed by atoms with Gasteiger partial charge >= 0.3 is 6.18 Å². The van der Waals surface area contributed by atoms with Crippen LogP contribution in [0.1, 0.15) is 71.3 Å². The lowest BCUT2D eigenvalue weighted by molar-refractivity contribution is -0.136. The van der Waals surface area contributed by atoms with E-state index in [1.807, 2.05) is 13.8 Å². The first-order valence-corrected chi connectivity index (χ1v) is 10.4. The molecule has 1 N–H and O–H groups in total. The molecule has 1 saturated heterocycles. The van der Waals surface area contributed by atoms with Crippen molar-refractivity contribution in [3.63, 3.8) is 0 Å². The van der Waals surface area contributed by atoms with Gasteiger partial charge in [-0.25, -0.2) is 4.98 Å². The third kappa shape index (κ3) is 3.79. The molecular formula is C21H24F3N5O2. The van der Waals surface area contributed by atoms with Gasteiger partial charge in [-0.15, -0.1) is 0 Å². The van der Waals surface area contributed by atoms with Crippen molar-refractivity contribution >= 4 is 17.0 Å². The summed E-state index contributed by atoms with van der Waals surface area (Å²) < 4.78 is 46.4. The van der Waals surface area contributed by atoms with Crippen LogP contribution < -0.4 is 0 Å². The standard InChI is InChI=1S/C21H24F3N5O2/c1-4-13-10-14(21(22,23)24)16-18(28-31-19(16)25-13)12-6-8-29(9-7-12)20(30)17-11(3)15(5-2)26-27-17/h10,12H,4-9H2,1-3H3,(H,26,27). The van der Waals surface area contributed by atoms with Crippen LogP contribution in [-0.2, 0) is 19.0 Å². The van der Waals surface area contributed by atoms with Crippen LogP contribution in [0.25, 0.3) is 11.1 Å². The molecule has 4 heterocycles. The third-order valence-corrected chi connectivity index (χ3v) is 6.03. The van der Waals surface area contributed by atoms with Crippen LogP contribution in [0.4, 0.5) is 13.2 Å². The van der Waals surface area contributed by atoms with Crippen LogP contribution >= 0.6 is 0 Å². The molecule has 10 heteroatoms. The van der Waals surface area contributed by atoms with E-state index in [1.54, 1.807) is 11.8 Å². The Labute approximate surface area is 177 Å². The van der Waals surface area contributed by atoms with Gasteiger partial charge in [0.05, 0.1) is 16.6 Å². The number of carbonyl (C=O) groups is 1. The van der Waals surface area contributed by atoms with E-state index >= 15 is 0 Å². The highest BCUT2D eigenvalue weighted by Crippen LogP contribution is 2.40. The molecule has 166 valence electrons. The van der Waals surface area contributed by atoms with Gasteiger partial charge in [0.15, 0.2) is 5.69 Å². The van der Waals surface area contributed by atoms with Crippen molar-refractivity contribution in [3.05, 3.63) is 40.0 Å². The van der Waals surface area contributed by atoms with Gasteiger partial charge in [0.25, 0.3) is 11.6 Å². The molecule has 3 aromatic heterocycles. The molecule has 7 nitrogen and oxygen atoms in total. The highest BCUT2D eigenvalue weighted by molar-refractivity contribution is 5.94. The maximum Gasteiger partial charge on any atom is 0.417 e. The summed E-state index contributed by atoms with van der Waals surface area (Å²) >= 11 is 0. The minimum atomic E-state index is -4.53. The van der Waals surface area contributed by atoms with E-state index in [0.29, 0.717) is 43.7 Å². The smallest absolute Gasteiger partial charge is 0.337 e. The van der Waals surface area contributed by atoms with Gasteiger partial charge in [0.1, 0.15) is 0 Å². The van der Waals surface area contributed by atoms with Crippen molar-refractivity contribution in [2.45, 2.75) is 58.5 Å². The second-order valence-electron chi connectivity index (χ2n) is 7.86. The van der Waals surface area contributed by atoms with Crippen molar-refractivity contribution in [3.8, 4) is 0 Å². The molecule has 0 saturated carbocycles. The van der Waals surface area contributed by atoms with Gasteiger partial charge in [-0.1, -0.05) is 19.0 Å².